The molecule has 0 bridgehead atoms. The van der Waals surface area contributed by atoms with Gasteiger partial charge in [-0.05, 0) is 24.6 Å². The summed E-state index contributed by atoms with van der Waals surface area (Å²) in [5.41, 5.74) is 1.54. The van der Waals surface area contributed by atoms with Crippen molar-refractivity contribution in [3.8, 4) is 0 Å². The third-order valence-corrected chi connectivity index (χ3v) is 3.19. The van der Waals surface area contributed by atoms with Gasteiger partial charge in [-0.3, -0.25) is 9.59 Å². The Labute approximate surface area is 127 Å². The van der Waals surface area contributed by atoms with Gasteiger partial charge in [-0.15, -0.1) is 0 Å². The molecule has 1 aliphatic rings. The van der Waals surface area contributed by atoms with Crippen molar-refractivity contribution in [3.63, 3.8) is 0 Å². The zero-order valence-corrected chi connectivity index (χ0v) is 12.3. The second-order valence-electron chi connectivity index (χ2n) is 4.51. The van der Waals surface area contributed by atoms with Crippen molar-refractivity contribution in [1.29, 1.82) is 0 Å². The fourth-order valence-electron chi connectivity index (χ4n) is 1.87. The summed E-state index contributed by atoms with van der Waals surface area (Å²) in [5, 5.41) is 9.66. The van der Waals surface area contributed by atoms with E-state index in [-0.39, 0.29) is 18.4 Å². The van der Waals surface area contributed by atoms with Crippen LogP contribution in [0, 0.1) is 0 Å². The Morgan fingerprint density at radius 3 is 2.71 bits per heavy atom. The van der Waals surface area contributed by atoms with Crippen LogP contribution >= 0.6 is 11.6 Å². The molecule has 1 atom stereocenters. The smallest absolute Gasteiger partial charge is 0.264 e. The van der Waals surface area contributed by atoms with Crippen LogP contribution in [-0.4, -0.2) is 36.7 Å². The van der Waals surface area contributed by atoms with Crippen molar-refractivity contribution in [1.82, 2.24) is 10.6 Å². The Morgan fingerprint density at radius 1 is 1.33 bits per heavy atom. The zero-order chi connectivity index (χ0) is 15.2. The lowest BCUT2D eigenvalue weighted by Crippen LogP contribution is -2.41. The van der Waals surface area contributed by atoms with Crippen LogP contribution in [-0.2, 0) is 14.4 Å². The number of rotatable bonds is 5. The molecule has 1 aromatic rings. The highest BCUT2D eigenvalue weighted by molar-refractivity contribution is 6.30. The molecular weight excluding hydrogens is 294 g/mol. The minimum atomic E-state index is -0.704. The van der Waals surface area contributed by atoms with Crippen LogP contribution in [0.15, 0.2) is 29.4 Å². The van der Waals surface area contributed by atoms with E-state index in [1.54, 1.807) is 12.1 Å². The lowest BCUT2D eigenvalue weighted by atomic mass is 10.0. The van der Waals surface area contributed by atoms with Gasteiger partial charge >= 0.3 is 0 Å². The molecule has 2 rings (SSSR count). The highest BCUT2D eigenvalue weighted by Crippen LogP contribution is 2.18. The van der Waals surface area contributed by atoms with Gasteiger partial charge in [0.05, 0.1) is 12.3 Å². The Bertz CT molecular complexity index is 557. The zero-order valence-electron chi connectivity index (χ0n) is 11.6. The molecule has 0 unspecified atom stereocenters. The van der Waals surface area contributed by atoms with Gasteiger partial charge in [0.2, 0.25) is 12.0 Å². The van der Waals surface area contributed by atoms with Crippen molar-refractivity contribution < 1.29 is 14.4 Å². The first kappa shape index (κ1) is 15.3. The topological polar surface area (TPSA) is 79.8 Å². The number of likely N-dealkylation sites (N-methyl/N-ethyl adjacent to an activating group) is 1. The summed E-state index contributed by atoms with van der Waals surface area (Å²) >= 11 is 5.82. The minimum Gasteiger partial charge on any atom is -0.382 e. The molecule has 7 heteroatoms. The van der Waals surface area contributed by atoms with E-state index in [1.807, 2.05) is 19.1 Å². The molecule has 6 nitrogen and oxygen atoms in total. The number of oxime groups is 1. The van der Waals surface area contributed by atoms with E-state index in [0.717, 1.165) is 5.56 Å². The van der Waals surface area contributed by atoms with Gasteiger partial charge in [0.25, 0.3) is 5.91 Å². The van der Waals surface area contributed by atoms with Gasteiger partial charge in [-0.1, -0.05) is 28.9 Å². The number of amides is 2. The van der Waals surface area contributed by atoms with Crippen molar-refractivity contribution >= 4 is 29.1 Å². The van der Waals surface area contributed by atoms with Crippen LogP contribution in [0.25, 0.3) is 0 Å². The second-order valence-corrected chi connectivity index (χ2v) is 4.95. The first-order valence-corrected chi connectivity index (χ1v) is 7.01. The second kappa shape index (κ2) is 7.08. The van der Waals surface area contributed by atoms with E-state index in [1.165, 1.54) is 0 Å². The average molecular weight is 310 g/mol. The number of carbonyl (C=O) groups is 2. The molecule has 0 fully saturated rings. The Hall–Kier alpha value is -2.08. The SMILES string of the molecule is CCNC(=O)CNC(=O)[C@@H]1CC(c2ccc(Cl)cc2)=NO1. The van der Waals surface area contributed by atoms with Crippen molar-refractivity contribution in [2.75, 3.05) is 13.1 Å². The number of carbonyl (C=O) groups excluding carboxylic acids is 2. The molecule has 1 heterocycles. The van der Waals surface area contributed by atoms with Crippen molar-refractivity contribution in [2.45, 2.75) is 19.4 Å². The highest BCUT2D eigenvalue weighted by Gasteiger charge is 2.28. The molecule has 2 N–H and O–H groups in total. The maximum atomic E-state index is 11.9. The fourth-order valence-corrected chi connectivity index (χ4v) is 2.00. The van der Waals surface area contributed by atoms with Gasteiger partial charge < -0.3 is 15.5 Å². The predicted octanol–water partition coefficient (Wildman–Crippen LogP) is 1.09. The van der Waals surface area contributed by atoms with Gasteiger partial charge in [-0.2, -0.15) is 0 Å². The van der Waals surface area contributed by atoms with Gasteiger partial charge in [-0.25, -0.2) is 0 Å². The number of hydrogen-bond acceptors (Lipinski definition) is 4. The summed E-state index contributed by atoms with van der Waals surface area (Å²) in [6.45, 7) is 2.27. The van der Waals surface area contributed by atoms with Crippen LogP contribution in [0.5, 0.6) is 0 Å². The minimum absolute atomic E-state index is 0.0667. The Balaban J connectivity index is 1.85. The maximum absolute atomic E-state index is 11.9. The lowest BCUT2D eigenvalue weighted by molar-refractivity contribution is -0.133. The van der Waals surface area contributed by atoms with E-state index in [2.05, 4.69) is 15.8 Å². The van der Waals surface area contributed by atoms with E-state index >= 15 is 0 Å². The van der Waals surface area contributed by atoms with Crippen LogP contribution in [0.4, 0.5) is 0 Å². The van der Waals surface area contributed by atoms with Crippen molar-refractivity contribution in [2.24, 2.45) is 5.16 Å². The Morgan fingerprint density at radius 2 is 2.05 bits per heavy atom. The standard InChI is InChI=1S/C14H16ClN3O3/c1-2-16-13(19)8-17-14(20)12-7-11(18-21-12)9-3-5-10(15)6-4-9/h3-6,12H,2,7-8H2,1H3,(H,16,19)(H,17,20)/t12-/m0/s1. The van der Waals surface area contributed by atoms with Crippen LogP contribution in [0.1, 0.15) is 18.9 Å². The van der Waals surface area contributed by atoms with Gasteiger partial charge in [0.15, 0.2) is 0 Å². The lowest BCUT2D eigenvalue weighted by Gasteiger charge is -2.09. The summed E-state index contributed by atoms with van der Waals surface area (Å²) < 4.78 is 0. The quantitative estimate of drug-likeness (QED) is 0.854. The number of halogens is 1. The molecule has 1 aromatic carbocycles. The fraction of sp³-hybridized carbons (Fsp3) is 0.357. The third-order valence-electron chi connectivity index (χ3n) is 2.94. The number of hydrogen-bond donors (Lipinski definition) is 2. The molecule has 0 radical (unpaired) electrons. The molecule has 2 amide bonds. The number of benzene rings is 1. The first-order chi connectivity index (χ1) is 10.1. The summed E-state index contributed by atoms with van der Waals surface area (Å²) in [6, 6.07) is 7.14. The molecule has 0 saturated heterocycles. The molecule has 0 aliphatic carbocycles. The monoisotopic (exact) mass is 309 g/mol. The van der Waals surface area contributed by atoms with E-state index in [0.29, 0.717) is 23.7 Å². The average Bonchev–Trinajstić information content (AvgIpc) is 2.96. The van der Waals surface area contributed by atoms with E-state index in [9.17, 15) is 9.59 Å². The predicted molar refractivity (Wildman–Crippen MR) is 79.2 cm³/mol. The maximum Gasteiger partial charge on any atom is 0.264 e. The Kier molecular flexibility index (Phi) is 5.16. The van der Waals surface area contributed by atoms with Crippen LogP contribution < -0.4 is 10.6 Å². The van der Waals surface area contributed by atoms with E-state index < -0.39 is 6.10 Å². The van der Waals surface area contributed by atoms with Gasteiger partial charge in [0, 0.05) is 18.0 Å². The van der Waals surface area contributed by atoms with Crippen LogP contribution in [0.3, 0.4) is 0 Å². The molecule has 112 valence electrons. The molecule has 21 heavy (non-hydrogen) atoms. The molecule has 0 spiro atoms. The third kappa shape index (κ3) is 4.19. The van der Waals surface area contributed by atoms with E-state index in [4.69, 9.17) is 16.4 Å². The summed E-state index contributed by atoms with van der Waals surface area (Å²) in [5.74, 6) is -0.586. The first-order valence-electron chi connectivity index (χ1n) is 6.63. The van der Waals surface area contributed by atoms with Crippen LogP contribution in [0.2, 0.25) is 5.02 Å². The highest BCUT2D eigenvalue weighted by atomic mass is 35.5. The number of nitrogens with zero attached hydrogens (tertiary/aromatic N) is 1. The molecule has 0 saturated carbocycles. The molecule has 1 aliphatic heterocycles. The summed E-state index contributed by atoms with van der Waals surface area (Å²) in [6.07, 6.45) is -0.340. The molecule has 0 aromatic heterocycles. The largest absolute Gasteiger partial charge is 0.382 e. The summed E-state index contributed by atoms with van der Waals surface area (Å²) in [4.78, 5) is 28.3. The molecular formula is C14H16ClN3O3. The van der Waals surface area contributed by atoms with Crippen molar-refractivity contribution in [3.05, 3.63) is 34.9 Å². The normalized spacial score (nSPS) is 16.9. The number of nitrogens with one attached hydrogen (secondary N) is 2. The summed E-state index contributed by atoms with van der Waals surface area (Å²) in [7, 11) is 0. The van der Waals surface area contributed by atoms with Gasteiger partial charge in [0.1, 0.15) is 0 Å².